The van der Waals surface area contributed by atoms with Gasteiger partial charge in [-0.3, -0.25) is 0 Å². The number of benzene rings is 10. The summed E-state index contributed by atoms with van der Waals surface area (Å²) in [5.74, 6) is 0.712. The van der Waals surface area contributed by atoms with Crippen molar-refractivity contribution >= 4 is 34.1 Å². The lowest BCUT2D eigenvalue weighted by Crippen LogP contribution is -2.38. The second-order valence-electron chi connectivity index (χ2n) is 33.5. The second kappa shape index (κ2) is 25.5. The Morgan fingerprint density at radius 1 is 0.278 bits per heavy atom. The Hall–Kier alpha value is -8.40. The molecule has 14 rings (SSSR count). The summed E-state index contributed by atoms with van der Waals surface area (Å²) in [7, 11) is 0. The van der Waals surface area contributed by atoms with E-state index in [1.165, 1.54) is 177 Å². The number of fused-ring (bicyclic) bond motifs is 9. The van der Waals surface area contributed by atoms with Crippen molar-refractivity contribution in [2.75, 3.05) is 14.7 Å². The van der Waals surface area contributed by atoms with Crippen molar-refractivity contribution in [3.05, 3.63) is 272 Å². The van der Waals surface area contributed by atoms with Gasteiger partial charge in [0.25, 0.3) is 0 Å². The van der Waals surface area contributed by atoms with Crippen molar-refractivity contribution in [2.24, 2.45) is 0 Å². The van der Waals surface area contributed by atoms with Crippen molar-refractivity contribution in [3.8, 4) is 44.5 Å². The number of para-hydroxylation sites is 3. The van der Waals surface area contributed by atoms with E-state index < -0.39 is 0 Å². The Bertz CT molecular complexity index is 4610. The lowest BCUT2D eigenvalue weighted by molar-refractivity contribution is 0.444. The maximum Gasteiger partial charge on any atom is 0.0449 e. The average molecular weight is 1280 g/mol. The van der Waals surface area contributed by atoms with E-state index in [1.54, 1.807) is 11.1 Å². The van der Waals surface area contributed by atoms with Gasteiger partial charge in [-0.15, -0.1) is 0 Å². The molecule has 1 saturated carbocycles. The monoisotopic (exact) mass is 1280 g/mol. The quantitative estimate of drug-likeness (QED) is 0.150. The molecule has 0 amide bonds. The molecule has 0 saturated heterocycles. The van der Waals surface area contributed by atoms with Gasteiger partial charge in [-0.1, -0.05) is 200 Å². The van der Waals surface area contributed by atoms with Crippen molar-refractivity contribution < 1.29 is 0 Å². The normalized spacial score (nSPS) is 15.3. The summed E-state index contributed by atoms with van der Waals surface area (Å²) in [6.07, 6.45) is 6.83. The topological polar surface area (TPSA) is 9.72 Å². The van der Waals surface area contributed by atoms with E-state index in [-0.39, 0.29) is 32.9 Å². The van der Waals surface area contributed by atoms with Crippen LogP contribution in [0.5, 0.6) is 0 Å². The first-order chi connectivity index (χ1) is 45.7. The largest absolute Gasteiger partial charge is 0.336 e. The van der Waals surface area contributed by atoms with Crippen molar-refractivity contribution in [1.82, 2.24) is 0 Å². The minimum absolute atomic E-state index is 0.00702. The third-order valence-electron chi connectivity index (χ3n) is 22.2. The SMILES string of the molecule is Cc1ccccc1N(c1cc2c(cc1C)-c1c(-c3ccccc3)cccc1C2(C)C)C(C)(C)C.Cc1ccccc1N(c1cc2c(cc1C)-c1c(C)cccc1C2(C)C)C(C)(C)C.Cc1ccccc1N(c1cc2c(cc1C)-c1c(C3CCCCC3)cccc1C2(C)C)C(C)(C)C. The molecule has 0 unspecified atom stereocenters. The first-order valence-corrected chi connectivity index (χ1v) is 36.2. The smallest absolute Gasteiger partial charge is 0.0449 e. The van der Waals surface area contributed by atoms with Crippen LogP contribution in [0.1, 0.15) is 220 Å². The van der Waals surface area contributed by atoms with Gasteiger partial charge in [0.2, 0.25) is 0 Å². The van der Waals surface area contributed by atoms with Gasteiger partial charge < -0.3 is 14.7 Å². The standard InChI is InChI=1S/C33H41N.C33H35N.C28H33N/c2*1-22-14-11-12-19-29(22)34(32(3,4)5)30-21-28-26(20-23(30)2)31-25(24-15-9-8-10-16-24)17-13-18-27(31)33(28,6)7;1-18-12-9-10-15-24(18)29(27(4,5)6)25-17-23-21(16-20(25)3)26-19(2)13-11-14-22(26)28(23,7)8/h11-14,17-21,24H,8-10,15-16H2,1-7H3;8-21H,1-7H3;9-17H,1-8H3. The second-order valence-corrected chi connectivity index (χ2v) is 33.5. The first-order valence-electron chi connectivity index (χ1n) is 36.2. The van der Waals surface area contributed by atoms with Gasteiger partial charge in [0.15, 0.2) is 0 Å². The van der Waals surface area contributed by atoms with Gasteiger partial charge in [-0.25, -0.2) is 0 Å². The van der Waals surface area contributed by atoms with Crippen LogP contribution in [-0.4, -0.2) is 16.6 Å². The van der Waals surface area contributed by atoms with E-state index in [0.29, 0.717) is 5.92 Å². The highest BCUT2D eigenvalue weighted by Gasteiger charge is 2.43. The maximum absolute atomic E-state index is 2.55. The molecule has 97 heavy (non-hydrogen) atoms. The number of rotatable bonds is 8. The van der Waals surface area contributed by atoms with Gasteiger partial charge in [-0.05, 0) is 307 Å². The average Bonchev–Trinajstić information content (AvgIpc) is 1.59. The highest BCUT2D eigenvalue weighted by Crippen LogP contribution is 2.58. The van der Waals surface area contributed by atoms with E-state index in [0.717, 1.165) is 0 Å². The van der Waals surface area contributed by atoms with Crippen LogP contribution in [0.15, 0.2) is 194 Å². The van der Waals surface area contributed by atoms with Crippen LogP contribution in [0.2, 0.25) is 0 Å². The molecule has 0 heterocycles. The Kier molecular flexibility index (Phi) is 18.0. The predicted octanol–water partition coefficient (Wildman–Crippen LogP) is 26.7. The zero-order chi connectivity index (χ0) is 69.6. The molecule has 0 bridgehead atoms. The molecule has 3 heteroatoms. The summed E-state index contributed by atoms with van der Waals surface area (Å²) in [5, 5.41) is 0. The van der Waals surface area contributed by atoms with Crippen LogP contribution in [0, 0.1) is 48.5 Å². The first kappa shape index (κ1) is 68.5. The molecule has 4 aliphatic carbocycles. The van der Waals surface area contributed by atoms with Crippen LogP contribution in [-0.2, 0) is 16.2 Å². The Morgan fingerprint density at radius 2 is 0.608 bits per heavy atom. The lowest BCUT2D eigenvalue weighted by atomic mass is 9.78. The number of hydrogen-bond acceptors (Lipinski definition) is 3. The number of nitrogens with zero attached hydrogens (tertiary/aromatic N) is 3. The Morgan fingerprint density at radius 3 is 1.01 bits per heavy atom. The van der Waals surface area contributed by atoms with Crippen LogP contribution in [0.25, 0.3) is 44.5 Å². The van der Waals surface area contributed by atoms with Gasteiger partial charge in [0.05, 0.1) is 0 Å². The van der Waals surface area contributed by atoms with Gasteiger partial charge in [0, 0.05) is 67.0 Å². The molecule has 10 aromatic rings. The van der Waals surface area contributed by atoms with Gasteiger partial charge >= 0.3 is 0 Å². The van der Waals surface area contributed by atoms with Crippen molar-refractivity contribution in [2.45, 2.75) is 223 Å². The lowest BCUT2D eigenvalue weighted by Gasteiger charge is -2.40. The molecule has 0 radical (unpaired) electrons. The van der Waals surface area contributed by atoms with Gasteiger partial charge in [0.1, 0.15) is 0 Å². The predicted molar refractivity (Wildman–Crippen MR) is 421 cm³/mol. The van der Waals surface area contributed by atoms with Crippen molar-refractivity contribution in [1.29, 1.82) is 0 Å². The summed E-state index contributed by atoms with van der Waals surface area (Å²) < 4.78 is 0. The fourth-order valence-corrected chi connectivity index (χ4v) is 17.3. The van der Waals surface area contributed by atoms with Gasteiger partial charge in [-0.2, -0.15) is 0 Å². The van der Waals surface area contributed by atoms with E-state index in [9.17, 15) is 0 Å². The third kappa shape index (κ3) is 12.3. The zero-order valence-electron chi connectivity index (χ0n) is 62.9. The summed E-state index contributed by atoms with van der Waals surface area (Å²) >= 11 is 0. The number of hydrogen-bond donors (Lipinski definition) is 0. The molecular formula is C94H109N3. The summed E-state index contributed by atoms with van der Waals surface area (Å²) in [6, 6.07) is 72.6. The third-order valence-corrected chi connectivity index (χ3v) is 22.2. The van der Waals surface area contributed by atoms with Crippen LogP contribution >= 0.6 is 0 Å². The van der Waals surface area contributed by atoms with Crippen LogP contribution in [0.3, 0.4) is 0 Å². The molecule has 10 aromatic carbocycles. The molecular weight excluding hydrogens is 1170 g/mol. The summed E-state index contributed by atoms with van der Waals surface area (Å²) in [4.78, 5) is 7.60. The molecule has 3 nitrogen and oxygen atoms in total. The molecule has 0 N–H and O–H groups in total. The fourth-order valence-electron chi connectivity index (χ4n) is 17.3. The van der Waals surface area contributed by atoms with Crippen molar-refractivity contribution in [3.63, 3.8) is 0 Å². The summed E-state index contributed by atoms with van der Waals surface area (Å²) in [5.41, 5.74) is 38.4. The zero-order valence-corrected chi connectivity index (χ0v) is 62.9. The van der Waals surface area contributed by atoms with Crippen LogP contribution < -0.4 is 14.7 Å². The fraction of sp³-hybridized carbons (Fsp3) is 0.362. The minimum Gasteiger partial charge on any atom is -0.336 e. The highest BCUT2D eigenvalue weighted by atomic mass is 15.2. The minimum atomic E-state index is -0.0623. The highest BCUT2D eigenvalue weighted by molar-refractivity contribution is 5.95. The van der Waals surface area contributed by atoms with E-state index >= 15 is 0 Å². The number of anilines is 6. The molecule has 0 aliphatic heterocycles. The van der Waals surface area contributed by atoms with E-state index in [4.69, 9.17) is 0 Å². The molecule has 0 aromatic heterocycles. The molecule has 0 atom stereocenters. The number of aryl methyl sites for hydroxylation is 7. The maximum atomic E-state index is 2.55. The molecule has 0 spiro atoms. The van der Waals surface area contributed by atoms with E-state index in [2.05, 4.69) is 361 Å². The summed E-state index contributed by atoms with van der Waals surface area (Å²) in [6.45, 7) is 50.9. The molecule has 1 fully saturated rings. The molecule has 500 valence electrons. The molecule has 4 aliphatic rings. The Labute approximate surface area is 585 Å². The van der Waals surface area contributed by atoms with Crippen LogP contribution in [0.4, 0.5) is 34.1 Å². The Balaban J connectivity index is 0.000000139. The van der Waals surface area contributed by atoms with E-state index in [1.807, 2.05) is 0 Å².